The van der Waals surface area contributed by atoms with E-state index in [1.807, 2.05) is 0 Å². The maximum Gasteiger partial charge on any atom is 0.0214 e. The first-order chi connectivity index (χ1) is 8.22. The van der Waals surface area contributed by atoms with Crippen molar-refractivity contribution in [2.24, 2.45) is 17.8 Å². The van der Waals surface area contributed by atoms with Gasteiger partial charge in [-0.15, -0.1) is 12.4 Å². The van der Waals surface area contributed by atoms with Gasteiger partial charge in [0.25, 0.3) is 0 Å². The van der Waals surface area contributed by atoms with Crippen LogP contribution in [-0.2, 0) is 0 Å². The van der Waals surface area contributed by atoms with E-state index in [0.29, 0.717) is 5.54 Å². The normalized spacial score (nSPS) is 41.2. The zero-order chi connectivity index (χ0) is 11.9. The number of rotatable bonds is 5. The van der Waals surface area contributed by atoms with Gasteiger partial charge in [-0.2, -0.15) is 0 Å². The molecule has 4 rings (SSSR count). The minimum absolute atomic E-state index is 0. The van der Waals surface area contributed by atoms with Crippen molar-refractivity contribution in [2.45, 2.75) is 70.3 Å². The Balaban J connectivity index is 0.00000120. The van der Waals surface area contributed by atoms with E-state index in [9.17, 15) is 0 Å². The summed E-state index contributed by atoms with van der Waals surface area (Å²) in [6.07, 6.45) is 13.5. The largest absolute Gasteiger partial charge is 0.301 e. The van der Waals surface area contributed by atoms with E-state index in [0.717, 1.165) is 17.8 Å². The summed E-state index contributed by atoms with van der Waals surface area (Å²) in [6.45, 7) is 3.66. The minimum atomic E-state index is 0. The fourth-order valence-electron chi connectivity index (χ4n) is 5.37. The topological polar surface area (TPSA) is 3.24 Å². The van der Waals surface area contributed by atoms with E-state index in [4.69, 9.17) is 0 Å². The second-order valence-electron chi connectivity index (χ2n) is 7.27. The second-order valence-corrected chi connectivity index (χ2v) is 7.27. The van der Waals surface area contributed by atoms with Crippen LogP contribution in [-0.4, -0.2) is 24.0 Å². The third kappa shape index (κ3) is 2.58. The number of hydrogen-bond acceptors (Lipinski definition) is 1. The van der Waals surface area contributed by atoms with Gasteiger partial charge in [-0.05, 0) is 76.3 Å². The molecule has 0 aromatic rings. The quantitative estimate of drug-likeness (QED) is 0.666. The van der Waals surface area contributed by atoms with Crippen LogP contribution in [0.25, 0.3) is 0 Å². The van der Waals surface area contributed by atoms with E-state index in [-0.39, 0.29) is 12.4 Å². The van der Waals surface area contributed by atoms with Gasteiger partial charge in [-0.1, -0.05) is 19.8 Å². The van der Waals surface area contributed by atoms with Crippen LogP contribution in [0.4, 0.5) is 0 Å². The maximum atomic E-state index is 2.77. The number of hydrogen-bond donors (Lipinski definition) is 0. The van der Waals surface area contributed by atoms with Gasteiger partial charge in [0.05, 0.1) is 0 Å². The Morgan fingerprint density at radius 1 is 0.944 bits per heavy atom. The molecule has 4 saturated carbocycles. The van der Waals surface area contributed by atoms with Crippen molar-refractivity contribution in [2.75, 3.05) is 13.6 Å². The Morgan fingerprint density at radius 3 is 1.89 bits per heavy atom. The predicted molar refractivity (Wildman–Crippen MR) is 80.3 cm³/mol. The fourth-order valence-corrected chi connectivity index (χ4v) is 5.37. The molecule has 0 amide bonds. The predicted octanol–water partition coefficient (Wildman–Crippen LogP) is 4.50. The number of halogens is 1. The SMILES string of the molecule is CCCCCN(C)C12CC3CC(CC(C3)C1)C2.Cl. The summed E-state index contributed by atoms with van der Waals surface area (Å²) in [5.41, 5.74) is 0.641. The Bertz CT molecular complexity index is 241. The summed E-state index contributed by atoms with van der Waals surface area (Å²) in [6, 6.07) is 0. The molecular formula is C16H30ClN. The van der Waals surface area contributed by atoms with E-state index in [1.54, 1.807) is 19.3 Å². The summed E-state index contributed by atoms with van der Waals surface area (Å²) in [7, 11) is 2.42. The summed E-state index contributed by atoms with van der Waals surface area (Å²) in [5.74, 6) is 3.28. The molecule has 0 radical (unpaired) electrons. The summed E-state index contributed by atoms with van der Waals surface area (Å²) in [4.78, 5) is 2.77. The average molecular weight is 272 g/mol. The highest BCUT2D eigenvalue weighted by Crippen LogP contribution is 2.57. The van der Waals surface area contributed by atoms with Crippen LogP contribution >= 0.6 is 12.4 Å². The zero-order valence-corrected chi connectivity index (χ0v) is 13.0. The molecule has 0 spiro atoms. The van der Waals surface area contributed by atoms with Gasteiger partial charge >= 0.3 is 0 Å². The standard InChI is InChI=1S/C16H29N.ClH/c1-3-4-5-6-17(2)16-10-13-7-14(11-16)9-15(8-13)12-16;/h13-15H,3-12H2,1-2H3;1H. The van der Waals surface area contributed by atoms with Gasteiger partial charge in [0.15, 0.2) is 0 Å². The highest BCUT2D eigenvalue weighted by Gasteiger charge is 2.52. The monoisotopic (exact) mass is 271 g/mol. The number of nitrogens with zero attached hydrogens (tertiary/aromatic N) is 1. The molecule has 0 unspecified atom stereocenters. The molecule has 106 valence electrons. The van der Waals surface area contributed by atoms with Crippen LogP contribution in [0.2, 0.25) is 0 Å². The highest BCUT2D eigenvalue weighted by molar-refractivity contribution is 5.85. The molecule has 18 heavy (non-hydrogen) atoms. The van der Waals surface area contributed by atoms with Gasteiger partial charge in [0.1, 0.15) is 0 Å². The maximum absolute atomic E-state index is 2.77. The zero-order valence-electron chi connectivity index (χ0n) is 12.2. The van der Waals surface area contributed by atoms with E-state index in [2.05, 4.69) is 18.9 Å². The molecule has 0 aromatic carbocycles. The number of unbranched alkanes of at least 4 members (excludes halogenated alkanes) is 2. The molecule has 0 aliphatic heterocycles. The van der Waals surface area contributed by atoms with Gasteiger partial charge < -0.3 is 4.90 Å². The van der Waals surface area contributed by atoms with Crippen LogP contribution in [0.3, 0.4) is 0 Å². The lowest BCUT2D eigenvalue weighted by atomic mass is 9.52. The Hall–Kier alpha value is 0.250. The van der Waals surface area contributed by atoms with E-state index >= 15 is 0 Å². The highest BCUT2D eigenvalue weighted by atomic mass is 35.5. The molecule has 1 nitrogen and oxygen atoms in total. The first-order valence-electron chi connectivity index (χ1n) is 7.93. The molecule has 4 aliphatic carbocycles. The van der Waals surface area contributed by atoms with E-state index < -0.39 is 0 Å². The minimum Gasteiger partial charge on any atom is -0.301 e. The smallest absolute Gasteiger partial charge is 0.0214 e. The first-order valence-corrected chi connectivity index (χ1v) is 7.93. The third-order valence-electron chi connectivity index (χ3n) is 5.91. The van der Waals surface area contributed by atoms with Crippen LogP contribution in [0, 0.1) is 17.8 Å². The van der Waals surface area contributed by atoms with Gasteiger partial charge in [0, 0.05) is 5.54 Å². The lowest BCUT2D eigenvalue weighted by molar-refractivity contribution is -0.0792. The van der Waals surface area contributed by atoms with Crippen molar-refractivity contribution in [1.29, 1.82) is 0 Å². The van der Waals surface area contributed by atoms with E-state index in [1.165, 1.54) is 45.1 Å². The second kappa shape index (κ2) is 5.71. The Morgan fingerprint density at radius 2 is 1.44 bits per heavy atom. The van der Waals surface area contributed by atoms with Crippen LogP contribution in [0.15, 0.2) is 0 Å². The summed E-state index contributed by atoms with van der Waals surface area (Å²) >= 11 is 0. The van der Waals surface area contributed by atoms with Crippen LogP contribution in [0.1, 0.15) is 64.7 Å². The van der Waals surface area contributed by atoms with Crippen LogP contribution in [0.5, 0.6) is 0 Å². The summed E-state index contributed by atoms with van der Waals surface area (Å²) < 4.78 is 0. The molecule has 2 heteroatoms. The molecule has 4 aliphatic rings. The molecule has 0 N–H and O–H groups in total. The van der Waals surface area contributed by atoms with Crippen LogP contribution < -0.4 is 0 Å². The molecule has 4 bridgehead atoms. The molecular weight excluding hydrogens is 242 g/mol. The Labute approximate surface area is 119 Å². The van der Waals surface area contributed by atoms with Crippen molar-refractivity contribution in [3.05, 3.63) is 0 Å². The van der Waals surface area contributed by atoms with Crippen molar-refractivity contribution < 1.29 is 0 Å². The van der Waals surface area contributed by atoms with Gasteiger partial charge in [0.2, 0.25) is 0 Å². The van der Waals surface area contributed by atoms with Gasteiger partial charge in [-0.25, -0.2) is 0 Å². The molecule has 0 atom stereocenters. The molecule has 4 fully saturated rings. The molecule has 0 aromatic heterocycles. The average Bonchev–Trinajstić information content (AvgIpc) is 2.27. The van der Waals surface area contributed by atoms with Crippen molar-refractivity contribution in [3.8, 4) is 0 Å². The first kappa shape index (κ1) is 14.7. The van der Waals surface area contributed by atoms with Crippen molar-refractivity contribution in [1.82, 2.24) is 4.90 Å². The lowest BCUT2D eigenvalue weighted by Crippen LogP contribution is -2.58. The molecule has 0 saturated heterocycles. The Kier molecular flexibility index (Phi) is 4.65. The fraction of sp³-hybridized carbons (Fsp3) is 1.00. The van der Waals surface area contributed by atoms with Crippen molar-refractivity contribution >= 4 is 12.4 Å². The molecule has 0 heterocycles. The third-order valence-corrected chi connectivity index (χ3v) is 5.91. The van der Waals surface area contributed by atoms with Gasteiger partial charge in [-0.3, -0.25) is 0 Å². The van der Waals surface area contributed by atoms with Crippen molar-refractivity contribution in [3.63, 3.8) is 0 Å². The summed E-state index contributed by atoms with van der Waals surface area (Å²) in [5, 5.41) is 0. The lowest BCUT2D eigenvalue weighted by Gasteiger charge is -2.60.